The highest BCUT2D eigenvalue weighted by atomic mass is 35.5. The molecular weight excluding hydrogens is 408 g/mol. The summed E-state index contributed by atoms with van der Waals surface area (Å²) >= 11 is 6.48. The summed E-state index contributed by atoms with van der Waals surface area (Å²) in [6.45, 7) is 2.75. The van der Waals surface area contributed by atoms with Gasteiger partial charge in [0.25, 0.3) is 0 Å². The van der Waals surface area contributed by atoms with Crippen molar-refractivity contribution in [2.45, 2.75) is 38.0 Å². The van der Waals surface area contributed by atoms with Gasteiger partial charge in [0.1, 0.15) is 29.4 Å². The molecule has 1 aromatic heterocycles. The van der Waals surface area contributed by atoms with Gasteiger partial charge in [-0.2, -0.15) is 5.26 Å². The highest BCUT2D eigenvalue weighted by Gasteiger charge is 2.33. The number of ether oxygens (including phenoxy) is 1. The highest BCUT2D eigenvalue weighted by Crippen LogP contribution is 2.38. The second-order valence-electron chi connectivity index (χ2n) is 8.38. The van der Waals surface area contributed by atoms with Crippen molar-refractivity contribution in [3.8, 4) is 17.3 Å². The Morgan fingerprint density at radius 2 is 1.81 bits per heavy atom. The van der Waals surface area contributed by atoms with Crippen LogP contribution in [0.5, 0.6) is 0 Å². The summed E-state index contributed by atoms with van der Waals surface area (Å²) in [5, 5.41) is 10.7. The first-order valence-electron chi connectivity index (χ1n) is 10.8. The number of benzene rings is 2. The molecule has 0 bridgehead atoms. The van der Waals surface area contributed by atoms with Crippen molar-refractivity contribution in [1.82, 2.24) is 14.5 Å². The Morgan fingerprint density at radius 3 is 2.58 bits per heavy atom. The first-order valence-corrected chi connectivity index (χ1v) is 11.2. The fourth-order valence-electron chi connectivity index (χ4n) is 4.69. The number of hydrogen-bond donors (Lipinski definition) is 0. The molecule has 0 amide bonds. The van der Waals surface area contributed by atoms with Crippen LogP contribution < -0.4 is 0 Å². The maximum atomic E-state index is 10.1. The normalized spacial score (nSPS) is 19.3. The molecule has 2 aliphatic rings. The summed E-state index contributed by atoms with van der Waals surface area (Å²) in [6, 6.07) is 18.4. The van der Waals surface area contributed by atoms with Crippen LogP contribution in [0.15, 0.2) is 48.5 Å². The molecule has 3 heterocycles. The predicted molar refractivity (Wildman–Crippen MR) is 121 cm³/mol. The van der Waals surface area contributed by atoms with E-state index in [1.54, 1.807) is 0 Å². The van der Waals surface area contributed by atoms with Crippen LogP contribution in [0.1, 0.15) is 41.6 Å². The number of aromatic nitrogens is 2. The minimum Gasteiger partial charge on any atom is -0.362 e. The number of likely N-dealkylation sites (tertiary alicyclic amines) is 1. The molecule has 5 nitrogen and oxygen atoms in total. The van der Waals surface area contributed by atoms with E-state index in [0.717, 1.165) is 49.3 Å². The predicted octanol–water partition coefficient (Wildman–Crippen LogP) is 4.83. The van der Waals surface area contributed by atoms with Crippen molar-refractivity contribution in [2.75, 3.05) is 20.1 Å². The molecule has 2 aromatic carbocycles. The second-order valence-corrected chi connectivity index (χ2v) is 8.79. The van der Waals surface area contributed by atoms with Crippen molar-refractivity contribution in [2.24, 2.45) is 0 Å². The Morgan fingerprint density at radius 1 is 1.06 bits per heavy atom. The van der Waals surface area contributed by atoms with E-state index in [4.69, 9.17) is 21.3 Å². The van der Waals surface area contributed by atoms with E-state index in [1.807, 2.05) is 28.8 Å². The summed E-state index contributed by atoms with van der Waals surface area (Å²) in [5.74, 6) is 0.801. The Kier molecular flexibility index (Phi) is 5.54. The average Bonchev–Trinajstić information content (AvgIpc) is 3.08. The second kappa shape index (κ2) is 8.47. The lowest BCUT2D eigenvalue weighted by Gasteiger charge is -2.32. The molecule has 0 spiro atoms. The van der Waals surface area contributed by atoms with Gasteiger partial charge in [-0.05, 0) is 43.5 Å². The lowest BCUT2D eigenvalue weighted by atomic mass is 10.00. The molecule has 31 heavy (non-hydrogen) atoms. The zero-order valence-corrected chi connectivity index (χ0v) is 18.3. The number of halogens is 1. The summed E-state index contributed by atoms with van der Waals surface area (Å²) in [7, 11) is 2.15. The number of rotatable bonds is 3. The number of fused-ring (bicyclic) bond motifs is 2. The first kappa shape index (κ1) is 20.3. The molecule has 0 saturated carbocycles. The molecule has 6 heteroatoms. The summed E-state index contributed by atoms with van der Waals surface area (Å²) in [4.78, 5) is 7.33. The molecule has 158 valence electrons. The SMILES string of the molecule is CN1CCC(OC2c3ccccc3CCn3c2nc(-c2ccccc2Cl)c3C#N)CC1. The van der Waals surface area contributed by atoms with Crippen molar-refractivity contribution in [3.05, 3.63) is 76.2 Å². The van der Waals surface area contributed by atoms with E-state index in [2.05, 4.69) is 42.3 Å². The van der Waals surface area contributed by atoms with Crippen molar-refractivity contribution in [3.63, 3.8) is 0 Å². The zero-order valence-electron chi connectivity index (χ0n) is 17.6. The number of aryl methyl sites for hydroxylation is 1. The minimum absolute atomic E-state index is 0.173. The van der Waals surface area contributed by atoms with Crippen LogP contribution in [0.25, 0.3) is 11.3 Å². The van der Waals surface area contributed by atoms with Gasteiger partial charge in [0, 0.05) is 25.2 Å². The average molecular weight is 433 g/mol. The van der Waals surface area contributed by atoms with E-state index in [-0.39, 0.29) is 12.2 Å². The van der Waals surface area contributed by atoms with E-state index in [9.17, 15) is 5.26 Å². The first-order chi connectivity index (χ1) is 15.2. The molecule has 0 radical (unpaired) electrons. The van der Waals surface area contributed by atoms with Gasteiger partial charge in [-0.1, -0.05) is 54.1 Å². The van der Waals surface area contributed by atoms with Gasteiger partial charge in [-0.25, -0.2) is 4.98 Å². The van der Waals surface area contributed by atoms with Crippen LogP contribution in [0, 0.1) is 11.3 Å². The van der Waals surface area contributed by atoms with Crippen LogP contribution in [-0.2, 0) is 17.7 Å². The maximum Gasteiger partial charge on any atom is 0.148 e. The van der Waals surface area contributed by atoms with E-state index in [1.165, 1.54) is 5.56 Å². The third-order valence-electron chi connectivity index (χ3n) is 6.40. The van der Waals surface area contributed by atoms with Gasteiger partial charge >= 0.3 is 0 Å². The smallest absolute Gasteiger partial charge is 0.148 e. The van der Waals surface area contributed by atoms with E-state index < -0.39 is 0 Å². The number of imidazole rings is 1. The molecule has 0 aliphatic carbocycles. The van der Waals surface area contributed by atoms with Gasteiger partial charge in [0.05, 0.1) is 11.1 Å². The maximum absolute atomic E-state index is 10.1. The standard InChI is InChI=1S/C25H25ClN4O/c1-29-13-11-18(12-14-29)31-24-19-7-3-2-6-17(19)10-15-30-22(16-27)23(28-25(24)30)20-8-4-5-9-21(20)26/h2-9,18,24H,10-15H2,1H3. The summed E-state index contributed by atoms with van der Waals surface area (Å²) in [6.07, 6.45) is 2.71. The topological polar surface area (TPSA) is 54.1 Å². The van der Waals surface area contributed by atoms with Gasteiger partial charge in [-0.15, -0.1) is 0 Å². The largest absolute Gasteiger partial charge is 0.362 e. The number of nitrogens with zero attached hydrogens (tertiary/aromatic N) is 4. The molecule has 1 saturated heterocycles. The third kappa shape index (κ3) is 3.76. The van der Waals surface area contributed by atoms with Crippen LogP contribution >= 0.6 is 11.6 Å². The molecule has 5 rings (SSSR count). The lowest BCUT2D eigenvalue weighted by molar-refractivity contribution is -0.0275. The molecule has 2 aliphatic heterocycles. The van der Waals surface area contributed by atoms with Gasteiger partial charge in [0.2, 0.25) is 0 Å². The zero-order chi connectivity index (χ0) is 21.4. The van der Waals surface area contributed by atoms with Gasteiger partial charge in [-0.3, -0.25) is 0 Å². The Hall–Kier alpha value is -2.65. The fourth-order valence-corrected chi connectivity index (χ4v) is 4.91. The van der Waals surface area contributed by atoms with Crippen LogP contribution in [0.4, 0.5) is 0 Å². The monoisotopic (exact) mass is 432 g/mol. The Balaban J connectivity index is 1.63. The van der Waals surface area contributed by atoms with Crippen molar-refractivity contribution >= 4 is 11.6 Å². The fraction of sp³-hybridized carbons (Fsp3) is 0.360. The summed E-state index contributed by atoms with van der Waals surface area (Å²) in [5.41, 5.74) is 4.38. The molecule has 1 unspecified atom stereocenters. The van der Waals surface area contributed by atoms with E-state index in [0.29, 0.717) is 23.0 Å². The van der Waals surface area contributed by atoms with Gasteiger partial charge in [0.15, 0.2) is 0 Å². The van der Waals surface area contributed by atoms with Crippen LogP contribution in [-0.4, -0.2) is 40.7 Å². The number of nitriles is 1. The number of hydrogen-bond acceptors (Lipinski definition) is 4. The van der Waals surface area contributed by atoms with Gasteiger partial charge < -0.3 is 14.2 Å². The molecular formula is C25H25ClN4O. The molecule has 1 fully saturated rings. The minimum atomic E-state index is -0.296. The highest BCUT2D eigenvalue weighted by molar-refractivity contribution is 6.33. The summed E-state index contributed by atoms with van der Waals surface area (Å²) < 4.78 is 8.78. The number of piperidine rings is 1. The molecule has 3 aromatic rings. The van der Waals surface area contributed by atoms with Crippen LogP contribution in [0.2, 0.25) is 5.02 Å². The third-order valence-corrected chi connectivity index (χ3v) is 6.73. The van der Waals surface area contributed by atoms with Crippen molar-refractivity contribution in [1.29, 1.82) is 5.26 Å². The van der Waals surface area contributed by atoms with Crippen molar-refractivity contribution < 1.29 is 4.74 Å². The Bertz CT molecular complexity index is 1140. The quantitative estimate of drug-likeness (QED) is 0.594. The lowest BCUT2D eigenvalue weighted by Crippen LogP contribution is -2.35. The Labute approximate surface area is 187 Å². The van der Waals surface area contributed by atoms with E-state index >= 15 is 0 Å². The molecule has 0 N–H and O–H groups in total. The molecule has 1 atom stereocenters. The van der Waals surface area contributed by atoms with Crippen LogP contribution in [0.3, 0.4) is 0 Å².